The number of carbonyl (C=O) groups excluding carboxylic acids is 1. The summed E-state index contributed by atoms with van der Waals surface area (Å²) in [5, 5.41) is 21.1. The lowest BCUT2D eigenvalue weighted by Gasteiger charge is -2.18. The number of amides is 1. The molecule has 0 bridgehead atoms. The van der Waals surface area contributed by atoms with Gasteiger partial charge in [-0.2, -0.15) is 5.26 Å². The Balaban J connectivity index is 2.52. The molecule has 0 aliphatic carbocycles. The number of hydrogen-bond acceptors (Lipinski definition) is 4. The van der Waals surface area contributed by atoms with Gasteiger partial charge in [-0.05, 0) is 26.3 Å². The number of nitriles is 1. The van der Waals surface area contributed by atoms with Gasteiger partial charge in [0.25, 0.3) is 5.91 Å². The Bertz CT molecular complexity index is 571. The largest absolute Gasteiger partial charge is 0.386 e. The Morgan fingerprint density at radius 1 is 1.65 bits per heavy atom. The maximum atomic E-state index is 11.7. The van der Waals surface area contributed by atoms with Gasteiger partial charge in [0.2, 0.25) is 0 Å². The van der Waals surface area contributed by atoms with Crippen LogP contribution in [0.3, 0.4) is 0 Å². The van der Waals surface area contributed by atoms with E-state index in [4.69, 9.17) is 5.26 Å². The average molecular weight is 274 g/mol. The molecule has 0 unspecified atom stereocenters. The van der Waals surface area contributed by atoms with E-state index in [2.05, 4.69) is 15.3 Å². The normalized spacial score (nSPS) is 12.4. The SMILES string of the molecule is C/C=C(\C=C/CNC(=O)c1nc(C#N)c[nH]1)C(C)(C)O. The number of aromatic amines is 1. The lowest BCUT2D eigenvalue weighted by atomic mass is 9.97. The third-order valence-electron chi connectivity index (χ3n) is 2.60. The molecular weight excluding hydrogens is 256 g/mol. The summed E-state index contributed by atoms with van der Waals surface area (Å²) in [6.45, 7) is 5.52. The molecule has 106 valence electrons. The second-order valence-corrected chi connectivity index (χ2v) is 4.66. The van der Waals surface area contributed by atoms with Crippen LogP contribution in [0, 0.1) is 11.3 Å². The van der Waals surface area contributed by atoms with E-state index in [1.165, 1.54) is 6.20 Å². The minimum absolute atomic E-state index is 0.101. The number of aromatic nitrogens is 2. The summed E-state index contributed by atoms with van der Waals surface area (Å²) in [6, 6.07) is 1.84. The van der Waals surface area contributed by atoms with Crippen molar-refractivity contribution >= 4 is 5.91 Å². The molecular formula is C14H18N4O2. The summed E-state index contributed by atoms with van der Waals surface area (Å²) in [5.74, 6) is -0.287. The van der Waals surface area contributed by atoms with Gasteiger partial charge in [-0.1, -0.05) is 18.2 Å². The van der Waals surface area contributed by atoms with Crippen molar-refractivity contribution in [3.8, 4) is 6.07 Å². The molecule has 6 nitrogen and oxygen atoms in total. The van der Waals surface area contributed by atoms with Crippen molar-refractivity contribution in [1.82, 2.24) is 15.3 Å². The smallest absolute Gasteiger partial charge is 0.287 e. The van der Waals surface area contributed by atoms with Crippen LogP contribution in [0.2, 0.25) is 0 Å². The highest BCUT2D eigenvalue weighted by molar-refractivity contribution is 5.90. The summed E-state index contributed by atoms with van der Waals surface area (Å²) >= 11 is 0. The lowest BCUT2D eigenvalue weighted by Crippen LogP contribution is -2.25. The van der Waals surface area contributed by atoms with Crippen LogP contribution in [0.4, 0.5) is 0 Å². The summed E-state index contributed by atoms with van der Waals surface area (Å²) in [4.78, 5) is 18.1. The van der Waals surface area contributed by atoms with E-state index in [1.54, 1.807) is 26.0 Å². The Hall–Kier alpha value is -2.39. The Labute approximate surface area is 117 Å². The van der Waals surface area contributed by atoms with Crippen molar-refractivity contribution in [1.29, 1.82) is 5.26 Å². The van der Waals surface area contributed by atoms with Crippen molar-refractivity contribution in [2.75, 3.05) is 6.54 Å². The second kappa shape index (κ2) is 6.68. The fourth-order valence-electron chi connectivity index (χ4n) is 1.57. The van der Waals surface area contributed by atoms with Crippen molar-refractivity contribution in [3.05, 3.63) is 41.5 Å². The number of rotatable bonds is 5. The Kier molecular flexibility index (Phi) is 5.23. The van der Waals surface area contributed by atoms with Gasteiger partial charge >= 0.3 is 0 Å². The maximum absolute atomic E-state index is 11.7. The minimum Gasteiger partial charge on any atom is -0.386 e. The van der Waals surface area contributed by atoms with Crippen LogP contribution in [-0.2, 0) is 0 Å². The molecule has 0 aliphatic rings. The van der Waals surface area contributed by atoms with Crippen molar-refractivity contribution in [2.24, 2.45) is 0 Å². The zero-order valence-corrected chi connectivity index (χ0v) is 11.8. The predicted molar refractivity (Wildman–Crippen MR) is 74.8 cm³/mol. The third-order valence-corrected chi connectivity index (χ3v) is 2.60. The van der Waals surface area contributed by atoms with Crippen LogP contribution < -0.4 is 5.32 Å². The molecule has 3 N–H and O–H groups in total. The van der Waals surface area contributed by atoms with E-state index in [0.717, 1.165) is 5.57 Å². The molecule has 20 heavy (non-hydrogen) atoms. The van der Waals surface area contributed by atoms with Gasteiger partial charge in [-0.3, -0.25) is 4.79 Å². The number of imidazole rings is 1. The van der Waals surface area contributed by atoms with Crippen molar-refractivity contribution in [3.63, 3.8) is 0 Å². The first-order valence-electron chi connectivity index (χ1n) is 6.18. The zero-order chi connectivity index (χ0) is 15.2. The van der Waals surface area contributed by atoms with Crippen LogP contribution in [0.1, 0.15) is 37.1 Å². The maximum Gasteiger partial charge on any atom is 0.287 e. The highest BCUT2D eigenvalue weighted by Crippen LogP contribution is 2.16. The van der Waals surface area contributed by atoms with Gasteiger partial charge in [-0.25, -0.2) is 4.98 Å². The van der Waals surface area contributed by atoms with Gasteiger partial charge in [0.05, 0.1) is 5.60 Å². The summed E-state index contributed by atoms with van der Waals surface area (Å²) in [5.41, 5.74) is 0.0123. The Morgan fingerprint density at radius 3 is 2.85 bits per heavy atom. The molecule has 1 aromatic heterocycles. The summed E-state index contributed by atoms with van der Waals surface area (Å²) in [7, 11) is 0. The highest BCUT2D eigenvalue weighted by Gasteiger charge is 2.15. The second-order valence-electron chi connectivity index (χ2n) is 4.66. The summed E-state index contributed by atoms with van der Waals surface area (Å²) in [6.07, 6.45) is 6.67. The molecule has 0 radical (unpaired) electrons. The van der Waals surface area contributed by atoms with Crippen LogP contribution in [0.15, 0.2) is 30.0 Å². The number of nitrogens with one attached hydrogen (secondary N) is 2. The first-order valence-corrected chi connectivity index (χ1v) is 6.18. The molecule has 1 amide bonds. The summed E-state index contributed by atoms with van der Waals surface area (Å²) < 4.78 is 0. The topological polar surface area (TPSA) is 102 Å². The first kappa shape index (κ1) is 15.7. The number of H-pyrrole nitrogens is 1. The fourth-order valence-corrected chi connectivity index (χ4v) is 1.57. The molecule has 1 rings (SSSR count). The van der Waals surface area contributed by atoms with Gasteiger partial charge in [-0.15, -0.1) is 0 Å². The molecule has 6 heteroatoms. The minimum atomic E-state index is -0.919. The van der Waals surface area contributed by atoms with Crippen molar-refractivity contribution < 1.29 is 9.90 Å². The van der Waals surface area contributed by atoms with Crippen LogP contribution in [0.25, 0.3) is 0 Å². The van der Waals surface area contributed by atoms with E-state index in [9.17, 15) is 9.90 Å². The zero-order valence-electron chi connectivity index (χ0n) is 11.8. The van der Waals surface area contributed by atoms with E-state index in [0.29, 0.717) is 6.54 Å². The number of carbonyl (C=O) groups is 1. The lowest BCUT2D eigenvalue weighted by molar-refractivity contribution is 0.0948. The standard InChI is InChI=1S/C14H18N4O2/c1-4-10(14(2,3)20)6-5-7-16-13(19)12-17-9-11(8-15)18-12/h4-6,9,20H,7H2,1-3H3,(H,16,19)(H,17,18)/b6-5-,10-4+. The van der Waals surface area contributed by atoms with E-state index in [1.807, 2.05) is 19.1 Å². The van der Waals surface area contributed by atoms with Crippen LogP contribution in [-0.4, -0.2) is 33.1 Å². The van der Waals surface area contributed by atoms with Crippen LogP contribution >= 0.6 is 0 Å². The molecule has 0 atom stereocenters. The molecule has 0 aliphatic heterocycles. The average Bonchev–Trinajstić information content (AvgIpc) is 2.85. The van der Waals surface area contributed by atoms with E-state index in [-0.39, 0.29) is 17.4 Å². The predicted octanol–water partition coefficient (Wildman–Crippen LogP) is 1.28. The Morgan fingerprint density at radius 2 is 2.35 bits per heavy atom. The first-order chi connectivity index (χ1) is 9.38. The van der Waals surface area contributed by atoms with Gasteiger partial charge < -0.3 is 15.4 Å². The van der Waals surface area contributed by atoms with Crippen LogP contribution in [0.5, 0.6) is 0 Å². The quantitative estimate of drug-likeness (QED) is 0.704. The molecule has 0 aromatic carbocycles. The molecule has 0 fully saturated rings. The third kappa shape index (κ3) is 4.37. The van der Waals surface area contributed by atoms with Gasteiger partial charge in [0, 0.05) is 12.7 Å². The molecule has 0 saturated heterocycles. The molecule has 0 saturated carbocycles. The fraction of sp³-hybridized carbons (Fsp3) is 0.357. The number of hydrogen-bond donors (Lipinski definition) is 3. The highest BCUT2D eigenvalue weighted by atomic mass is 16.3. The molecule has 1 heterocycles. The number of allylic oxidation sites excluding steroid dienone is 1. The molecule has 1 aromatic rings. The molecule has 0 spiro atoms. The van der Waals surface area contributed by atoms with Gasteiger partial charge in [0.1, 0.15) is 6.07 Å². The number of aliphatic hydroxyl groups is 1. The monoisotopic (exact) mass is 274 g/mol. The van der Waals surface area contributed by atoms with E-state index >= 15 is 0 Å². The van der Waals surface area contributed by atoms with Gasteiger partial charge in [0.15, 0.2) is 11.5 Å². The van der Waals surface area contributed by atoms with Crippen molar-refractivity contribution in [2.45, 2.75) is 26.4 Å². The number of nitrogens with zero attached hydrogens (tertiary/aromatic N) is 2. The van der Waals surface area contributed by atoms with E-state index < -0.39 is 5.60 Å².